The molecule has 1 atom stereocenters. The van der Waals surface area contributed by atoms with E-state index in [2.05, 4.69) is 4.98 Å². The van der Waals surface area contributed by atoms with E-state index in [0.717, 1.165) is 11.1 Å². The summed E-state index contributed by atoms with van der Waals surface area (Å²) in [6.07, 6.45) is 1.50. The molecule has 4 rings (SSSR count). The van der Waals surface area contributed by atoms with Crippen molar-refractivity contribution in [2.75, 3.05) is 13.1 Å². The predicted molar refractivity (Wildman–Crippen MR) is 102 cm³/mol. The number of fused-ring (bicyclic) bond motifs is 1. The van der Waals surface area contributed by atoms with E-state index in [1.165, 1.54) is 22.2 Å². The Labute approximate surface area is 158 Å². The number of nitrogens with zero attached hydrogens (tertiary/aromatic N) is 3. The quantitative estimate of drug-likeness (QED) is 0.746. The highest BCUT2D eigenvalue weighted by Gasteiger charge is 2.25. The Kier molecular flexibility index (Phi) is 4.52. The first-order chi connectivity index (χ1) is 12.5. The molecule has 1 aromatic carbocycles. The van der Waals surface area contributed by atoms with Crippen molar-refractivity contribution in [2.45, 2.75) is 19.1 Å². The van der Waals surface area contributed by atoms with E-state index in [9.17, 15) is 14.7 Å². The molecular weight excluding hydrogens is 374 g/mol. The van der Waals surface area contributed by atoms with Gasteiger partial charge in [0.15, 0.2) is 0 Å². The fourth-order valence-corrected chi connectivity index (χ4v) is 4.17. The lowest BCUT2D eigenvalue weighted by molar-refractivity contribution is -0.131. The van der Waals surface area contributed by atoms with Crippen LogP contribution in [0, 0.1) is 0 Å². The molecular formula is C18H16ClN3O3S. The van der Waals surface area contributed by atoms with Gasteiger partial charge < -0.3 is 10.0 Å². The fraction of sp³-hybridized carbons (Fsp3) is 0.278. The van der Waals surface area contributed by atoms with Crippen LogP contribution in [0.15, 0.2) is 40.8 Å². The number of thiophene rings is 1. The van der Waals surface area contributed by atoms with Crippen LogP contribution >= 0.6 is 22.9 Å². The van der Waals surface area contributed by atoms with E-state index in [0.29, 0.717) is 34.7 Å². The summed E-state index contributed by atoms with van der Waals surface area (Å²) in [7, 11) is 0. The number of carbonyl (C=O) groups excluding carboxylic acids is 1. The zero-order valence-corrected chi connectivity index (χ0v) is 15.3. The van der Waals surface area contributed by atoms with Crippen LogP contribution in [0.4, 0.5) is 0 Å². The smallest absolute Gasteiger partial charge is 0.263 e. The zero-order chi connectivity index (χ0) is 18.3. The molecule has 0 aliphatic carbocycles. The van der Waals surface area contributed by atoms with Gasteiger partial charge in [-0.15, -0.1) is 11.3 Å². The van der Waals surface area contributed by atoms with Crippen LogP contribution in [0.5, 0.6) is 0 Å². The number of hydrogen-bond acceptors (Lipinski definition) is 5. The molecule has 0 bridgehead atoms. The van der Waals surface area contributed by atoms with Crippen molar-refractivity contribution in [2.24, 2.45) is 0 Å². The summed E-state index contributed by atoms with van der Waals surface area (Å²) in [5.74, 6) is -0.187. The second kappa shape index (κ2) is 6.83. The molecule has 1 aliphatic rings. The Morgan fingerprint density at radius 3 is 2.81 bits per heavy atom. The van der Waals surface area contributed by atoms with Gasteiger partial charge in [0, 0.05) is 29.1 Å². The molecule has 1 saturated heterocycles. The van der Waals surface area contributed by atoms with Gasteiger partial charge in [-0.3, -0.25) is 14.2 Å². The summed E-state index contributed by atoms with van der Waals surface area (Å²) in [4.78, 5) is 31.9. The van der Waals surface area contributed by atoms with E-state index in [-0.39, 0.29) is 18.0 Å². The first kappa shape index (κ1) is 17.2. The normalized spacial score (nSPS) is 17.2. The van der Waals surface area contributed by atoms with Gasteiger partial charge in [0.2, 0.25) is 5.91 Å². The van der Waals surface area contributed by atoms with Crippen LogP contribution in [0.3, 0.4) is 0 Å². The topological polar surface area (TPSA) is 75.4 Å². The maximum atomic E-state index is 12.9. The lowest BCUT2D eigenvalue weighted by atomic mass is 10.1. The lowest BCUT2D eigenvalue weighted by Gasteiger charge is -2.16. The van der Waals surface area contributed by atoms with Gasteiger partial charge in [0.1, 0.15) is 11.4 Å². The number of rotatable bonds is 3. The van der Waals surface area contributed by atoms with Crippen LogP contribution in [-0.4, -0.2) is 44.7 Å². The summed E-state index contributed by atoms with van der Waals surface area (Å²) in [6, 6.07) is 7.27. The van der Waals surface area contributed by atoms with Gasteiger partial charge >= 0.3 is 0 Å². The fourth-order valence-electron chi connectivity index (χ4n) is 3.14. The molecule has 1 fully saturated rings. The van der Waals surface area contributed by atoms with Crippen LogP contribution < -0.4 is 5.56 Å². The van der Waals surface area contributed by atoms with Gasteiger partial charge in [0.25, 0.3) is 5.56 Å². The van der Waals surface area contributed by atoms with Crippen LogP contribution in [-0.2, 0) is 11.3 Å². The van der Waals surface area contributed by atoms with E-state index in [1.807, 2.05) is 17.5 Å². The van der Waals surface area contributed by atoms with Crippen LogP contribution in [0.2, 0.25) is 5.02 Å². The molecule has 1 N–H and O–H groups in total. The van der Waals surface area contributed by atoms with Crippen LogP contribution in [0.1, 0.15) is 6.42 Å². The molecule has 3 heterocycles. The standard InChI is InChI=1S/C18H16ClN3O3S/c19-12-3-1-11(2-4-12)14-9-26-17-16(14)18(25)22(10-20-17)8-15(24)21-6-5-13(23)7-21/h1-4,9-10,13,23H,5-8H2. The summed E-state index contributed by atoms with van der Waals surface area (Å²) in [6.45, 7) is 0.751. The highest BCUT2D eigenvalue weighted by Crippen LogP contribution is 2.31. The second-order valence-corrected chi connectivity index (χ2v) is 7.59. The number of benzene rings is 1. The summed E-state index contributed by atoms with van der Waals surface area (Å²) in [5, 5.41) is 12.6. The number of likely N-dealkylation sites (tertiary alicyclic amines) is 1. The van der Waals surface area contributed by atoms with Crippen LogP contribution in [0.25, 0.3) is 21.3 Å². The molecule has 2 aromatic heterocycles. The van der Waals surface area contributed by atoms with Crippen molar-refractivity contribution >= 4 is 39.1 Å². The first-order valence-electron chi connectivity index (χ1n) is 8.21. The lowest BCUT2D eigenvalue weighted by Crippen LogP contribution is -2.35. The highest BCUT2D eigenvalue weighted by molar-refractivity contribution is 7.17. The van der Waals surface area contributed by atoms with Crippen molar-refractivity contribution in [3.05, 3.63) is 51.3 Å². The van der Waals surface area contributed by atoms with Crippen molar-refractivity contribution in [3.8, 4) is 11.1 Å². The molecule has 3 aromatic rings. The minimum absolute atomic E-state index is 0.0790. The summed E-state index contributed by atoms with van der Waals surface area (Å²) < 4.78 is 1.33. The Morgan fingerprint density at radius 2 is 2.12 bits per heavy atom. The third-order valence-corrected chi connectivity index (χ3v) is 5.68. The molecule has 8 heteroatoms. The Morgan fingerprint density at radius 1 is 1.35 bits per heavy atom. The van der Waals surface area contributed by atoms with E-state index in [1.54, 1.807) is 17.0 Å². The molecule has 0 radical (unpaired) electrons. The van der Waals surface area contributed by atoms with Gasteiger partial charge in [-0.1, -0.05) is 23.7 Å². The average molecular weight is 390 g/mol. The van der Waals surface area contributed by atoms with E-state index in [4.69, 9.17) is 11.6 Å². The number of β-amino-alcohol motifs (C(OH)–C–C–N with tert-alkyl or cyclic N) is 1. The highest BCUT2D eigenvalue weighted by atomic mass is 35.5. The minimum Gasteiger partial charge on any atom is -0.391 e. The largest absolute Gasteiger partial charge is 0.391 e. The number of aromatic nitrogens is 2. The maximum Gasteiger partial charge on any atom is 0.263 e. The summed E-state index contributed by atoms with van der Waals surface area (Å²) >= 11 is 7.34. The number of halogens is 1. The molecule has 6 nitrogen and oxygen atoms in total. The second-order valence-electron chi connectivity index (χ2n) is 6.30. The molecule has 0 saturated carbocycles. The van der Waals surface area contributed by atoms with Gasteiger partial charge in [0.05, 0.1) is 17.8 Å². The minimum atomic E-state index is -0.482. The third kappa shape index (κ3) is 3.13. The SMILES string of the molecule is O=C(Cn1cnc2scc(-c3ccc(Cl)cc3)c2c1=O)N1CCC(O)C1. The van der Waals surface area contributed by atoms with Gasteiger partial charge in [-0.25, -0.2) is 4.98 Å². The molecule has 134 valence electrons. The maximum absolute atomic E-state index is 12.9. The van der Waals surface area contributed by atoms with Crippen molar-refractivity contribution in [1.82, 2.24) is 14.5 Å². The van der Waals surface area contributed by atoms with Gasteiger partial charge in [-0.05, 0) is 24.1 Å². The Bertz CT molecular complexity index is 1030. The number of hydrogen-bond donors (Lipinski definition) is 1. The first-order valence-corrected chi connectivity index (χ1v) is 9.47. The molecule has 26 heavy (non-hydrogen) atoms. The molecule has 1 amide bonds. The van der Waals surface area contributed by atoms with E-state index >= 15 is 0 Å². The zero-order valence-electron chi connectivity index (χ0n) is 13.8. The number of amides is 1. The Hall–Kier alpha value is -2.22. The monoisotopic (exact) mass is 389 g/mol. The van der Waals surface area contributed by atoms with Crippen molar-refractivity contribution in [3.63, 3.8) is 0 Å². The summed E-state index contributed by atoms with van der Waals surface area (Å²) in [5.41, 5.74) is 1.43. The van der Waals surface area contributed by atoms with Crippen molar-refractivity contribution in [1.29, 1.82) is 0 Å². The number of aliphatic hydroxyl groups is 1. The Balaban J connectivity index is 1.70. The molecule has 0 spiro atoms. The molecule has 1 unspecified atom stereocenters. The average Bonchev–Trinajstić information content (AvgIpc) is 3.25. The number of carbonyl (C=O) groups is 1. The van der Waals surface area contributed by atoms with Gasteiger partial charge in [-0.2, -0.15) is 0 Å². The molecule has 1 aliphatic heterocycles. The third-order valence-electron chi connectivity index (χ3n) is 4.54. The number of aliphatic hydroxyl groups excluding tert-OH is 1. The van der Waals surface area contributed by atoms with Crippen molar-refractivity contribution < 1.29 is 9.90 Å². The predicted octanol–water partition coefficient (Wildman–Crippen LogP) is 2.37. The van der Waals surface area contributed by atoms with E-state index < -0.39 is 6.10 Å².